The predicted molar refractivity (Wildman–Crippen MR) is 74.5 cm³/mol. The molecule has 0 bridgehead atoms. The summed E-state index contributed by atoms with van der Waals surface area (Å²) in [5.74, 6) is 0.472. The quantitative estimate of drug-likeness (QED) is 0.857. The average Bonchev–Trinajstić information content (AvgIpc) is 3.09. The molecule has 3 rings (SSSR count). The molecule has 0 amide bonds. The van der Waals surface area contributed by atoms with Crippen LogP contribution >= 0.6 is 0 Å². The van der Waals surface area contributed by atoms with Gasteiger partial charge in [0.15, 0.2) is 15.7 Å². The third kappa shape index (κ3) is 3.14. The molecular weight excluding hydrogens is 292 g/mol. The molecule has 112 valence electrons. The summed E-state index contributed by atoms with van der Waals surface area (Å²) in [5.41, 5.74) is 1.01. The van der Waals surface area contributed by atoms with Crippen molar-refractivity contribution in [2.75, 3.05) is 13.2 Å². The molecule has 1 fully saturated rings. The normalized spacial score (nSPS) is 19.0. The third-order valence-electron chi connectivity index (χ3n) is 3.46. The van der Waals surface area contributed by atoms with Gasteiger partial charge < -0.3 is 9.26 Å². The number of nitrogens with zero attached hydrogens (tertiary/aromatic N) is 2. The van der Waals surface area contributed by atoms with Gasteiger partial charge in [-0.3, -0.25) is 0 Å². The molecule has 1 saturated heterocycles. The van der Waals surface area contributed by atoms with Gasteiger partial charge in [-0.15, -0.1) is 0 Å². The Morgan fingerprint density at radius 1 is 1.29 bits per heavy atom. The van der Waals surface area contributed by atoms with Crippen LogP contribution in [0.25, 0.3) is 0 Å². The van der Waals surface area contributed by atoms with Gasteiger partial charge in [0.1, 0.15) is 5.75 Å². The van der Waals surface area contributed by atoms with Crippen molar-refractivity contribution < 1.29 is 17.7 Å². The first-order chi connectivity index (χ1) is 10.0. The molecule has 0 unspecified atom stereocenters. The summed E-state index contributed by atoms with van der Waals surface area (Å²) in [6.45, 7) is 3.13. The molecule has 2 aromatic rings. The van der Waals surface area contributed by atoms with Crippen molar-refractivity contribution >= 4 is 9.84 Å². The van der Waals surface area contributed by atoms with Gasteiger partial charge in [0, 0.05) is 6.61 Å². The summed E-state index contributed by atoms with van der Waals surface area (Å²) in [7, 11) is -3.46. The zero-order valence-electron chi connectivity index (χ0n) is 11.7. The van der Waals surface area contributed by atoms with Gasteiger partial charge in [0.05, 0.1) is 17.4 Å². The van der Waals surface area contributed by atoms with E-state index in [2.05, 4.69) is 10.1 Å². The smallest absolute Gasteiger partial charge is 0.232 e. The van der Waals surface area contributed by atoms with E-state index in [0.717, 1.165) is 12.0 Å². The van der Waals surface area contributed by atoms with E-state index >= 15 is 0 Å². The van der Waals surface area contributed by atoms with Crippen LogP contribution in [0.3, 0.4) is 0 Å². The highest BCUT2D eigenvalue weighted by Crippen LogP contribution is 2.24. The fraction of sp³-hybridized carbons (Fsp3) is 0.429. The molecule has 0 N–H and O–H groups in total. The van der Waals surface area contributed by atoms with Gasteiger partial charge in [-0.25, -0.2) is 8.42 Å². The maximum atomic E-state index is 12.3. The van der Waals surface area contributed by atoms with Gasteiger partial charge in [-0.05, 0) is 25.5 Å². The number of hydrogen-bond acceptors (Lipinski definition) is 6. The van der Waals surface area contributed by atoms with Crippen molar-refractivity contribution in [3.63, 3.8) is 0 Å². The largest absolute Gasteiger partial charge is 0.381 e. The van der Waals surface area contributed by atoms with Crippen LogP contribution in [0, 0.1) is 6.92 Å². The van der Waals surface area contributed by atoms with Crippen molar-refractivity contribution in [3.8, 4) is 0 Å². The molecule has 0 saturated carbocycles. The number of aromatic nitrogens is 2. The van der Waals surface area contributed by atoms with E-state index in [1.165, 1.54) is 0 Å². The molecule has 1 aliphatic heterocycles. The molecule has 1 atom stereocenters. The summed E-state index contributed by atoms with van der Waals surface area (Å²) in [5, 5.41) is 3.77. The second kappa shape index (κ2) is 5.57. The van der Waals surface area contributed by atoms with Crippen LogP contribution in [0.2, 0.25) is 0 Å². The lowest BCUT2D eigenvalue weighted by Gasteiger charge is -2.02. The van der Waals surface area contributed by atoms with Crippen LogP contribution in [-0.2, 0) is 20.3 Å². The highest BCUT2D eigenvalue weighted by molar-refractivity contribution is 7.90. The third-order valence-corrected chi connectivity index (χ3v) is 5.09. The maximum Gasteiger partial charge on any atom is 0.232 e. The van der Waals surface area contributed by atoms with Gasteiger partial charge >= 0.3 is 0 Å². The van der Waals surface area contributed by atoms with Crippen molar-refractivity contribution in [2.24, 2.45) is 0 Å². The van der Waals surface area contributed by atoms with Crippen LogP contribution in [-0.4, -0.2) is 31.8 Å². The first-order valence-electron chi connectivity index (χ1n) is 6.74. The lowest BCUT2D eigenvalue weighted by atomic mass is 10.1. The lowest BCUT2D eigenvalue weighted by molar-refractivity contribution is 0.189. The van der Waals surface area contributed by atoms with Crippen LogP contribution in [0.1, 0.15) is 29.6 Å². The molecule has 1 aliphatic rings. The van der Waals surface area contributed by atoms with Crippen molar-refractivity contribution in [3.05, 3.63) is 41.5 Å². The van der Waals surface area contributed by atoms with Crippen LogP contribution in [0.5, 0.6) is 0 Å². The van der Waals surface area contributed by atoms with E-state index < -0.39 is 9.84 Å². The number of rotatable bonds is 4. The van der Waals surface area contributed by atoms with E-state index in [1.54, 1.807) is 24.3 Å². The fourth-order valence-electron chi connectivity index (χ4n) is 2.22. The highest BCUT2D eigenvalue weighted by Gasteiger charge is 2.25. The maximum absolute atomic E-state index is 12.3. The van der Waals surface area contributed by atoms with E-state index in [1.807, 2.05) is 6.92 Å². The van der Waals surface area contributed by atoms with E-state index in [-0.39, 0.29) is 22.4 Å². The van der Waals surface area contributed by atoms with Crippen molar-refractivity contribution in [2.45, 2.75) is 29.9 Å². The monoisotopic (exact) mass is 308 g/mol. The highest BCUT2D eigenvalue weighted by atomic mass is 32.2. The van der Waals surface area contributed by atoms with Gasteiger partial charge in [-0.1, -0.05) is 22.9 Å². The van der Waals surface area contributed by atoms with Crippen LogP contribution in [0.4, 0.5) is 0 Å². The van der Waals surface area contributed by atoms with E-state index in [0.29, 0.717) is 19.1 Å². The van der Waals surface area contributed by atoms with Gasteiger partial charge in [0.2, 0.25) is 5.89 Å². The molecule has 6 nitrogen and oxygen atoms in total. The summed E-state index contributed by atoms with van der Waals surface area (Å²) in [6.07, 6.45) is 0.826. The number of benzene rings is 1. The SMILES string of the molecule is Cc1ccc(S(=O)(=O)Cc2noc([C@@H]3CCOC3)n2)cc1. The predicted octanol–water partition coefficient (Wildman–Crippen LogP) is 1.86. The number of sulfone groups is 1. The van der Waals surface area contributed by atoms with E-state index in [9.17, 15) is 8.42 Å². The Morgan fingerprint density at radius 3 is 2.71 bits per heavy atom. The molecule has 21 heavy (non-hydrogen) atoms. The minimum atomic E-state index is -3.46. The zero-order chi connectivity index (χ0) is 14.9. The topological polar surface area (TPSA) is 82.3 Å². The Labute approximate surface area is 123 Å². The zero-order valence-corrected chi connectivity index (χ0v) is 12.5. The summed E-state index contributed by atoms with van der Waals surface area (Å²) in [6, 6.07) is 6.72. The Morgan fingerprint density at radius 2 is 2.05 bits per heavy atom. The Hall–Kier alpha value is -1.73. The summed E-state index contributed by atoms with van der Waals surface area (Å²) in [4.78, 5) is 4.45. The number of hydrogen-bond donors (Lipinski definition) is 0. The number of ether oxygens (including phenoxy) is 1. The average molecular weight is 308 g/mol. The molecule has 1 aromatic carbocycles. The summed E-state index contributed by atoms with van der Waals surface area (Å²) >= 11 is 0. The van der Waals surface area contributed by atoms with Crippen LogP contribution < -0.4 is 0 Å². The van der Waals surface area contributed by atoms with Crippen LogP contribution in [0.15, 0.2) is 33.7 Å². The first kappa shape index (κ1) is 14.2. The Balaban J connectivity index is 1.77. The Kier molecular flexibility index (Phi) is 3.77. The second-order valence-electron chi connectivity index (χ2n) is 5.18. The molecule has 0 aliphatic carbocycles. The fourth-order valence-corrected chi connectivity index (χ4v) is 3.39. The molecule has 2 heterocycles. The second-order valence-corrected chi connectivity index (χ2v) is 7.17. The standard InChI is InChI=1S/C14H16N2O4S/c1-10-2-4-12(5-3-10)21(17,18)9-13-15-14(20-16-13)11-6-7-19-8-11/h2-5,11H,6-9H2,1H3/t11-/m1/s1. The van der Waals surface area contributed by atoms with E-state index in [4.69, 9.17) is 9.26 Å². The van der Waals surface area contributed by atoms with Gasteiger partial charge in [0.25, 0.3) is 0 Å². The molecule has 0 radical (unpaired) electrons. The lowest BCUT2D eigenvalue weighted by Crippen LogP contribution is -2.06. The molecule has 0 spiro atoms. The molecule has 7 heteroatoms. The summed E-state index contributed by atoms with van der Waals surface area (Å²) < 4.78 is 35.0. The molecular formula is C14H16N2O4S. The minimum Gasteiger partial charge on any atom is -0.381 e. The van der Waals surface area contributed by atoms with Crippen molar-refractivity contribution in [1.29, 1.82) is 0 Å². The minimum absolute atomic E-state index is 0.0772. The molecule has 1 aromatic heterocycles. The first-order valence-corrected chi connectivity index (χ1v) is 8.39. The van der Waals surface area contributed by atoms with Gasteiger partial charge in [-0.2, -0.15) is 4.98 Å². The number of aryl methyl sites for hydroxylation is 1. The van der Waals surface area contributed by atoms with Crippen molar-refractivity contribution in [1.82, 2.24) is 10.1 Å². The Bertz CT molecular complexity index is 716.